The number of hydrogen-bond acceptors (Lipinski definition) is 2. The summed E-state index contributed by atoms with van der Waals surface area (Å²) in [7, 11) is 3.92. The molecule has 0 bridgehead atoms. The van der Waals surface area contributed by atoms with Crippen molar-refractivity contribution in [3.63, 3.8) is 0 Å². The topological polar surface area (TPSA) is 40.5 Å². The van der Waals surface area contributed by atoms with Crippen LogP contribution in [-0.4, -0.2) is 36.1 Å². The minimum absolute atomic E-state index is 0.0419. The molecule has 0 saturated carbocycles. The van der Waals surface area contributed by atoms with Gasteiger partial charge in [0, 0.05) is 11.6 Å². The molecule has 0 saturated heterocycles. The third-order valence-electron chi connectivity index (χ3n) is 2.19. The Balaban J connectivity index is 4.88. The molecule has 0 heterocycles. The molecule has 0 aromatic heterocycles. The SMILES string of the molecule is C/C(=C\C(N(C)C)C(C)(C)C)C(=O)O. The summed E-state index contributed by atoms with van der Waals surface area (Å²) >= 11 is 0. The lowest BCUT2D eigenvalue weighted by molar-refractivity contribution is -0.132. The number of likely N-dealkylation sites (N-methyl/N-ethyl adjacent to an activating group) is 1. The summed E-state index contributed by atoms with van der Waals surface area (Å²) in [6.45, 7) is 7.93. The van der Waals surface area contributed by atoms with Crippen LogP contribution in [0.4, 0.5) is 0 Å². The molecule has 0 aliphatic heterocycles. The number of carboxylic acids is 1. The fourth-order valence-corrected chi connectivity index (χ4v) is 1.48. The highest BCUT2D eigenvalue weighted by molar-refractivity contribution is 5.85. The van der Waals surface area contributed by atoms with Crippen molar-refractivity contribution in [2.24, 2.45) is 5.41 Å². The highest BCUT2D eigenvalue weighted by Crippen LogP contribution is 2.24. The van der Waals surface area contributed by atoms with Gasteiger partial charge in [0.25, 0.3) is 0 Å². The predicted octanol–water partition coefficient (Wildman–Crippen LogP) is 1.99. The average Bonchev–Trinajstić information content (AvgIpc) is 1.96. The van der Waals surface area contributed by atoms with Gasteiger partial charge < -0.3 is 10.0 Å². The zero-order valence-corrected chi connectivity index (χ0v) is 9.96. The van der Waals surface area contributed by atoms with Crippen LogP contribution in [0.3, 0.4) is 0 Å². The summed E-state index contributed by atoms with van der Waals surface area (Å²) in [6.07, 6.45) is 1.81. The van der Waals surface area contributed by atoms with Crippen molar-refractivity contribution >= 4 is 5.97 Å². The van der Waals surface area contributed by atoms with Gasteiger partial charge in [0.05, 0.1) is 0 Å². The summed E-state index contributed by atoms with van der Waals surface area (Å²) in [5, 5.41) is 8.79. The summed E-state index contributed by atoms with van der Waals surface area (Å²) < 4.78 is 0. The Labute approximate surface area is 86.4 Å². The first-order chi connectivity index (χ1) is 6.16. The molecule has 82 valence electrons. The lowest BCUT2D eigenvalue weighted by Crippen LogP contribution is -2.38. The fraction of sp³-hybridized carbons (Fsp3) is 0.727. The van der Waals surface area contributed by atoms with Gasteiger partial charge in [-0.05, 0) is 26.4 Å². The summed E-state index contributed by atoms with van der Waals surface area (Å²) in [4.78, 5) is 12.7. The minimum Gasteiger partial charge on any atom is -0.478 e. The zero-order chi connectivity index (χ0) is 11.5. The molecule has 1 N–H and O–H groups in total. The Morgan fingerprint density at radius 3 is 2.00 bits per heavy atom. The molecule has 0 fully saturated rings. The predicted molar refractivity (Wildman–Crippen MR) is 58.3 cm³/mol. The van der Waals surface area contributed by atoms with Crippen LogP contribution in [0.5, 0.6) is 0 Å². The van der Waals surface area contributed by atoms with Gasteiger partial charge >= 0.3 is 5.97 Å². The molecule has 0 aliphatic carbocycles. The molecule has 0 aromatic carbocycles. The van der Waals surface area contributed by atoms with E-state index in [1.807, 2.05) is 25.1 Å². The maximum Gasteiger partial charge on any atom is 0.331 e. The Kier molecular flexibility index (Phi) is 4.33. The molecule has 0 radical (unpaired) electrons. The normalized spacial score (nSPS) is 15.8. The van der Waals surface area contributed by atoms with Gasteiger partial charge in [0.15, 0.2) is 0 Å². The Morgan fingerprint density at radius 1 is 1.36 bits per heavy atom. The number of carbonyl (C=O) groups is 1. The maximum absolute atomic E-state index is 10.7. The summed E-state index contributed by atoms with van der Waals surface area (Å²) in [5.74, 6) is -0.846. The Hall–Kier alpha value is -0.830. The average molecular weight is 199 g/mol. The van der Waals surface area contributed by atoms with Crippen LogP contribution in [0.15, 0.2) is 11.6 Å². The minimum atomic E-state index is -0.846. The Bertz CT molecular complexity index is 236. The van der Waals surface area contributed by atoms with Gasteiger partial charge in [-0.1, -0.05) is 26.8 Å². The summed E-state index contributed by atoms with van der Waals surface area (Å²) in [6, 6.07) is 0.138. The lowest BCUT2D eigenvalue weighted by Gasteiger charge is -2.34. The third kappa shape index (κ3) is 3.92. The van der Waals surface area contributed by atoms with Crippen molar-refractivity contribution in [1.82, 2.24) is 4.90 Å². The standard InChI is InChI=1S/C11H21NO2/c1-8(10(13)14)7-9(12(5)6)11(2,3)4/h7,9H,1-6H3,(H,13,14)/b8-7+. The molecule has 0 spiro atoms. The number of nitrogens with zero attached hydrogens (tertiary/aromatic N) is 1. The lowest BCUT2D eigenvalue weighted by atomic mass is 9.85. The van der Waals surface area contributed by atoms with Crippen LogP contribution >= 0.6 is 0 Å². The second-order valence-electron chi connectivity index (χ2n) is 4.93. The fourth-order valence-electron chi connectivity index (χ4n) is 1.48. The van der Waals surface area contributed by atoms with Crippen LogP contribution in [0.1, 0.15) is 27.7 Å². The number of aliphatic carboxylic acids is 1. The molecule has 1 unspecified atom stereocenters. The van der Waals surface area contributed by atoms with Crippen molar-refractivity contribution in [2.75, 3.05) is 14.1 Å². The molecule has 1 atom stereocenters. The van der Waals surface area contributed by atoms with Gasteiger partial charge in [-0.15, -0.1) is 0 Å². The van der Waals surface area contributed by atoms with E-state index < -0.39 is 5.97 Å². The van der Waals surface area contributed by atoms with Crippen LogP contribution in [0, 0.1) is 5.41 Å². The van der Waals surface area contributed by atoms with Crippen molar-refractivity contribution in [3.05, 3.63) is 11.6 Å². The first kappa shape index (κ1) is 13.2. The van der Waals surface area contributed by atoms with E-state index >= 15 is 0 Å². The Morgan fingerprint density at radius 2 is 1.79 bits per heavy atom. The van der Waals surface area contributed by atoms with Gasteiger partial charge in [0.2, 0.25) is 0 Å². The largest absolute Gasteiger partial charge is 0.478 e. The first-order valence-electron chi connectivity index (χ1n) is 4.74. The number of carboxylic acid groups (broad SMARTS) is 1. The van der Waals surface area contributed by atoms with Crippen molar-refractivity contribution < 1.29 is 9.90 Å². The highest BCUT2D eigenvalue weighted by atomic mass is 16.4. The molecule has 3 nitrogen and oxygen atoms in total. The molecule has 14 heavy (non-hydrogen) atoms. The van der Waals surface area contributed by atoms with Gasteiger partial charge in [0.1, 0.15) is 0 Å². The highest BCUT2D eigenvalue weighted by Gasteiger charge is 2.25. The molecule has 0 amide bonds. The van der Waals surface area contributed by atoms with E-state index in [0.29, 0.717) is 5.57 Å². The van der Waals surface area contributed by atoms with E-state index in [2.05, 4.69) is 20.8 Å². The zero-order valence-electron chi connectivity index (χ0n) is 9.96. The molecular formula is C11H21NO2. The van der Waals surface area contributed by atoms with Crippen molar-refractivity contribution in [1.29, 1.82) is 0 Å². The molecule has 0 aromatic rings. The third-order valence-corrected chi connectivity index (χ3v) is 2.19. The second-order valence-corrected chi connectivity index (χ2v) is 4.93. The van der Waals surface area contributed by atoms with E-state index in [0.717, 1.165) is 0 Å². The van der Waals surface area contributed by atoms with Crippen LogP contribution in [-0.2, 0) is 4.79 Å². The number of hydrogen-bond donors (Lipinski definition) is 1. The van der Waals surface area contributed by atoms with E-state index in [-0.39, 0.29) is 11.5 Å². The molecule has 0 aliphatic rings. The summed E-state index contributed by atoms with van der Waals surface area (Å²) in [5.41, 5.74) is 0.443. The second kappa shape index (κ2) is 4.60. The number of rotatable bonds is 3. The van der Waals surface area contributed by atoms with E-state index in [4.69, 9.17) is 5.11 Å². The van der Waals surface area contributed by atoms with E-state index in [1.165, 1.54) is 0 Å². The van der Waals surface area contributed by atoms with Gasteiger partial charge in [-0.3, -0.25) is 0 Å². The van der Waals surface area contributed by atoms with Crippen molar-refractivity contribution in [2.45, 2.75) is 33.7 Å². The quantitative estimate of drug-likeness (QED) is 0.707. The monoisotopic (exact) mass is 199 g/mol. The van der Waals surface area contributed by atoms with Crippen LogP contribution in [0.25, 0.3) is 0 Å². The molecule has 0 rings (SSSR count). The maximum atomic E-state index is 10.7. The van der Waals surface area contributed by atoms with Crippen LogP contribution in [0.2, 0.25) is 0 Å². The van der Waals surface area contributed by atoms with Crippen molar-refractivity contribution in [3.8, 4) is 0 Å². The van der Waals surface area contributed by atoms with E-state index in [9.17, 15) is 4.79 Å². The first-order valence-corrected chi connectivity index (χ1v) is 4.74. The van der Waals surface area contributed by atoms with Gasteiger partial charge in [-0.25, -0.2) is 4.79 Å². The van der Waals surface area contributed by atoms with E-state index in [1.54, 1.807) is 6.92 Å². The molecule has 3 heteroatoms. The molecular weight excluding hydrogens is 178 g/mol. The van der Waals surface area contributed by atoms with Gasteiger partial charge in [-0.2, -0.15) is 0 Å². The van der Waals surface area contributed by atoms with Crippen LogP contribution < -0.4 is 0 Å². The smallest absolute Gasteiger partial charge is 0.331 e.